The summed E-state index contributed by atoms with van der Waals surface area (Å²) in [6.07, 6.45) is -0.327. The van der Waals surface area contributed by atoms with Crippen molar-refractivity contribution in [3.63, 3.8) is 0 Å². The van der Waals surface area contributed by atoms with Gasteiger partial charge in [-0.3, -0.25) is 4.79 Å². The standard InChI is InChI=1S/C25H29F2IN4O5S/c1-14(2)23-22(31-25(37-23)32-38(3,35)36)24(34)30-20(10-16-7-17(26)11-18(27)8-16)21(33)13-29-12-15-5-4-6-19(28)9-15/h4-9,11,14,20-21,29,33H,10,12-13H2,1-3H3,(H,30,34)(H,31,32). The van der Waals surface area contributed by atoms with Gasteiger partial charge in [-0.25, -0.2) is 21.9 Å². The summed E-state index contributed by atoms with van der Waals surface area (Å²) in [7, 11) is -3.71. The highest BCUT2D eigenvalue weighted by atomic mass is 127. The van der Waals surface area contributed by atoms with E-state index in [1.54, 1.807) is 13.8 Å². The number of benzene rings is 2. The molecule has 2 aromatic carbocycles. The first-order valence-electron chi connectivity index (χ1n) is 11.7. The zero-order valence-corrected chi connectivity index (χ0v) is 23.9. The maximum atomic E-state index is 13.8. The molecule has 1 aromatic heterocycles. The third-order valence-corrected chi connectivity index (χ3v) is 6.61. The Balaban J connectivity index is 1.82. The first-order chi connectivity index (χ1) is 17.8. The number of oxazole rings is 1. The van der Waals surface area contributed by atoms with Crippen LogP contribution in [0, 0.1) is 15.2 Å². The monoisotopic (exact) mass is 662 g/mol. The minimum atomic E-state index is -3.71. The average Bonchev–Trinajstić information content (AvgIpc) is 3.20. The predicted molar refractivity (Wildman–Crippen MR) is 147 cm³/mol. The summed E-state index contributed by atoms with van der Waals surface area (Å²) < 4.78 is 59.5. The van der Waals surface area contributed by atoms with Crippen LogP contribution in [0.3, 0.4) is 0 Å². The number of sulfonamides is 1. The number of halogens is 3. The van der Waals surface area contributed by atoms with E-state index in [9.17, 15) is 27.1 Å². The molecule has 1 heterocycles. The third-order valence-electron chi connectivity index (χ3n) is 5.40. The summed E-state index contributed by atoms with van der Waals surface area (Å²) in [5, 5.41) is 16.8. The van der Waals surface area contributed by atoms with Gasteiger partial charge in [-0.1, -0.05) is 26.0 Å². The van der Waals surface area contributed by atoms with Crippen LogP contribution in [-0.4, -0.2) is 49.4 Å². The molecule has 38 heavy (non-hydrogen) atoms. The van der Waals surface area contributed by atoms with Gasteiger partial charge in [0, 0.05) is 28.6 Å². The first kappa shape index (κ1) is 29.9. The molecule has 9 nitrogen and oxygen atoms in total. The molecule has 3 rings (SSSR count). The molecule has 0 aliphatic carbocycles. The number of aromatic nitrogens is 1. The fourth-order valence-electron chi connectivity index (χ4n) is 3.74. The lowest BCUT2D eigenvalue weighted by molar-refractivity contribution is 0.0823. The SMILES string of the molecule is CC(C)c1oc(NS(C)(=O)=O)nc1C(=O)NC(Cc1cc(F)cc(F)c1)C(O)CNCc1cccc(I)c1. The Labute approximate surface area is 233 Å². The number of hydrogen-bond acceptors (Lipinski definition) is 7. The van der Waals surface area contributed by atoms with E-state index in [0.29, 0.717) is 6.54 Å². The molecule has 0 saturated carbocycles. The van der Waals surface area contributed by atoms with E-state index in [2.05, 4.69) is 42.9 Å². The van der Waals surface area contributed by atoms with E-state index in [0.717, 1.165) is 33.6 Å². The van der Waals surface area contributed by atoms with Gasteiger partial charge in [0.2, 0.25) is 10.0 Å². The first-order valence-corrected chi connectivity index (χ1v) is 14.7. The summed E-state index contributed by atoms with van der Waals surface area (Å²) in [5.74, 6) is -2.50. The number of anilines is 1. The summed E-state index contributed by atoms with van der Waals surface area (Å²) in [5.41, 5.74) is 1.06. The molecule has 0 aliphatic heterocycles. The number of aliphatic hydroxyl groups excluding tert-OH is 1. The Morgan fingerprint density at radius 2 is 1.82 bits per heavy atom. The van der Waals surface area contributed by atoms with Crippen molar-refractivity contribution in [2.75, 3.05) is 17.5 Å². The van der Waals surface area contributed by atoms with Gasteiger partial charge in [-0.05, 0) is 64.4 Å². The number of amides is 1. The van der Waals surface area contributed by atoms with Crippen LogP contribution < -0.4 is 15.4 Å². The number of rotatable bonds is 12. The van der Waals surface area contributed by atoms with Crippen LogP contribution in [-0.2, 0) is 23.0 Å². The van der Waals surface area contributed by atoms with Crippen molar-refractivity contribution in [3.05, 3.63) is 80.3 Å². The number of aliphatic hydroxyl groups is 1. The molecule has 206 valence electrons. The average molecular weight is 662 g/mol. The van der Waals surface area contributed by atoms with Crippen LogP contribution in [0.4, 0.5) is 14.8 Å². The molecule has 0 aliphatic rings. The molecule has 0 saturated heterocycles. The van der Waals surface area contributed by atoms with Crippen molar-refractivity contribution in [3.8, 4) is 0 Å². The molecule has 0 fully saturated rings. The molecule has 2 atom stereocenters. The van der Waals surface area contributed by atoms with Gasteiger partial charge in [0.05, 0.1) is 18.4 Å². The largest absolute Gasteiger partial charge is 0.427 e. The van der Waals surface area contributed by atoms with Crippen LogP contribution in [0.1, 0.15) is 47.1 Å². The number of carbonyl (C=O) groups excluding carboxylic acids is 1. The van der Waals surface area contributed by atoms with Crippen LogP contribution in [0.5, 0.6) is 0 Å². The Morgan fingerprint density at radius 1 is 1.13 bits per heavy atom. The molecule has 4 N–H and O–H groups in total. The van der Waals surface area contributed by atoms with Crippen LogP contribution in [0.2, 0.25) is 0 Å². The van der Waals surface area contributed by atoms with Crippen LogP contribution in [0.15, 0.2) is 46.9 Å². The van der Waals surface area contributed by atoms with Crippen molar-refractivity contribution < 1.29 is 31.5 Å². The summed E-state index contributed by atoms with van der Waals surface area (Å²) in [4.78, 5) is 17.2. The smallest absolute Gasteiger partial charge is 0.309 e. The number of nitrogens with zero attached hydrogens (tertiary/aromatic N) is 1. The van der Waals surface area contributed by atoms with Crippen molar-refractivity contribution in [2.24, 2.45) is 0 Å². The fraction of sp³-hybridized carbons (Fsp3) is 0.360. The Morgan fingerprint density at radius 3 is 2.42 bits per heavy atom. The van der Waals surface area contributed by atoms with Gasteiger partial charge < -0.3 is 20.2 Å². The molecular weight excluding hydrogens is 633 g/mol. The van der Waals surface area contributed by atoms with E-state index < -0.39 is 39.7 Å². The van der Waals surface area contributed by atoms with Crippen LogP contribution in [0.25, 0.3) is 0 Å². The maximum absolute atomic E-state index is 13.8. The topological polar surface area (TPSA) is 134 Å². The fourth-order valence-corrected chi connectivity index (χ4v) is 4.76. The van der Waals surface area contributed by atoms with Gasteiger partial charge in [0.1, 0.15) is 17.4 Å². The van der Waals surface area contributed by atoms with Crippen molar-refractivity contribution in [1.29, 1.82) is 0 Å². The van der Waals surface area contributed by atoms with Crippen LogP contribution >= 0.6 is 22.6 Å². The lowest BCUT2D eigenvalue weighted by Gasteiger charge is -2.25. The molecule has 0 bridgehead atoms. The second-order valence-corrected chi connectivity index (χ2v) is 12.1. The van der Waals surface area contributed by atoms with Gasteiger partial charge in [-0.2, -0.15) is 4.98 Å². The van der Waals surface area contributed by atoms with E-state index in [4.69, 9.17) is 4.42 Å². The maximum Gasteiger partial charge on any atom is 0.309 e. The van der Waals surface area contributed by atoms with E-state index in [1.165, 1.54) is 0 Å². The minimum absolute atomic E-state index is 0.0605. The number of hydrogen-bond donors (Lipinski definition) is 4. The molecule has 2 unspecified atom stereocenters. The second-order valence-electron chi connectivity index (χ2n) is 9.15. The highest BCUT2D eigenvalue weighted by molar-refractivity contribution is 14.1. The van der Waals surface area contributed by atoms with E-state index in [-0.39, 0.29) is 41.9 Å². The number of nitrogens with one attached hydrogen (secondary N) is 3. The van der Waals surface area contributed by atoms with Crippen molar-refractivity contribution in [2.45, 2.75) is 44.9 Å². The normalized spacial score (nSPS) is 13.4. The van der Waals surface area contributed by atoms with E-state index >= 15 is 0 Å². The van der Waals surface area contributed by atoms with Gasteiger partial charge in [-0.15, -0.1) is 0 Å². The summed E-state index contributed by atoms with van der Waals surface area (Å²) in [6.45, 7) is 3.98. The van der Waals surface area contributed by atoms with Crippen molar-refractivity contribution in [1.82, 2.24) is 15.6 Å². The van der Waals surface area contributed by atoms with Gasteiger partial charge >= 0.3 is 6.01 Å². The van der Waals surface area contributed by atoms with E-state index in [1.807, 2.05) is 24.3 Å². The predicted octanol–water partition coefficient (Wildman–Crippen LogP) is 3.54. The molecule has 0 radical (unpaired) electrons. The minimum Gasteiger partial charge on any atom is -0.427 e. The Bertz CT molecular complexity index is 1360. The number of carbonyl (C=O) groups is 1. The zero-order chi connectivity index (χ0) is 28.0. The highest BCUT2D eigenvalue weighted by Gasteiger charge is 2.28. The summed E-state index contributed by atoms with van der Waals surface area (Å²) >= 11 is 2.20. The van der Waals surface area contributed by atoms with Crippen molar-refractivity contribution >= 4 is 44.5 Å². The zero-order valence-electron chi connectivity index (χ0n) is 21.0. The quantitative estimate of drug-likeness (QED) is 0.218. The van der Waals surface area contributed by atoms with Gasteiger partial charge in [0.25, 0.3) is 5.91 Å². The molecule has 3 aromatic rings. The summed E-state index contributed by atoms with van der Waals surface area (Å²) in [6, 6.07) is 9.40. The third kappa shape index (κ3) is 8.99. The molecular formula is C25H29F2IN4O5S. The lowest BCUT2D eigenvalue weighted by atomic mass is 10.00. The molecule has 13 heteroatoms. The molecule has 0 spiro atoms. The Kier molecular flexibility index (Phi) is 10.2. The second kappa shape index (κ2) is 13.0. The molecule has 1 amide bonds. The van der Waals surface area contributed by atoms with Gasteiger partial charge in [0.15, 0.2) is 5.69 Å². The Hall–Kier alpha value is -2.62. The lowest BCUT2D eigenvalue weighted by Crippen LogP contribution is -2.49. The highest BCUT2D eigenvalue weighted by Crippen LogP contribution is 2.24.